The Hall–Kier alpha value is -1.93. The molecule has 0 amide bonds. The molecule has 0 saturated carbocycles. The highest BCUT2D eigenvalue weighted by molar-refractivity contribution is 5.44. The van der Waals surface area contributed by atoms with Crippen molar-refractivity contribution in [2.75, 3.05) is 0 Å². The minimum atomic E-state index is 0.208. The smallest absolute Gasteiger partial charge is 0.152 e. The highest BCUT2D eigenvalue weighted by atomic mass is 16.3. The fourth-order valence-corrected chi connectivity index (χ4v) is 0.787. The highest BCUT2D eigenvalue weighted by Gasteiger charge is 1.94. The molecule has 0 unspecified atom stereocenters. The second-order valence-electron chi connectivity index (χ2n) is 2.36. The van der Waals surface area contributed by atoms with Gasteiger partial charge in [-0.1, -0.05) is 12.0 Å². The predicted molar refractivity (Wildman–Crippen MR) is 45.3 cm³/mol. The van der Waals surface area contributed by atoms with Gasteiger partial charge < -0.3 is 5.11 Å². The molecule has 0 radical (unpaired) electrons. The molecule has 12 heavy (non-hydrogen) atoms. The third kappa shape index (κ3) is 1.78. The van der Waals surface area contributed by atoms with E-state index in [-0.39, 0.29) is 5.75 Å². The number of aromatic hydroxyl groups is 1. The van der Waals surface area contributed by atoms with Crippen LogP contribution in [0.15, 0.2) is 18.2 Å². The SMILES string of the molecule is Cc1ccc(C#CC#N)cc1O. The Balaban J connectivity index is 3.07. The van der Waals surface area contributed by atoms with Gasteiger partial charge in [0.1, 0.15) is 5.75 Å². The third-order valence-electron chi connectivity index (χ3n) is 1.47. The van der Waals surface area contributed by atoms with Crippen LogP contribution >= 0.6 is 0 Å². The summed E-state index contributed by atoms with van der Waals surface area (Å²) in [6.07, 6.45) is 0. The van der Waals surface area contributed by atoms with Gasteiger partial charge >= 0.3 is 0 Å². The van der Waals surface area contributed by atoms with Crippen LogP contribution in [0.2, 0.25) is 0 Å². The van der Waals surface area contributed by atoms with Crippen LogP contribution in [0.3, 0.4) is 0 Å². The zero-order chi connectivity index (χ0) is 8.97. The number of nitriles is 1. The molecule has 0 aromatic heterocycles. The van der Waals surface area contributed by atoms with Gasteiger partial charge in [-0.2, -0.15) is 5.26 Å². The van der Waals surface area contributed by atoms with Gasteiger partial charge in [0.2, 0.25) is 0 Å². The van der Waals surface area contributed by atoms with Crippen molar-refractivity contribution in [2.45, 2.75) is 6.92 Å². The summed E-state index contributed by atoms with van der Waals surface area (Å²) in [6.45, 7) is 1.80. The topological polar surface area (TPSA) is 44.0 Å². The minimum absolute atomic E-state index is 0.208. The first-order valence-corrected chi connectivity index (χ1v) is 3.44. The molecule has 58 valence electrons. The van der Waals surface area contributed by atoms with Crippen LogP contribution in [-0.2, 0) is 0 Å². The molecule has 0 aliphatic carbocycles. The lowest BCUT2D eigenvalue weighted by Crippen LogP contribution is -1.77. The van der Waals surface area contributed by atoms with E-state index in [9.17, 15) is 5.11 Å². The number of phenolic OH excluding ortho intramolecular Hbond substituents is 1. The van der Waals surface area contributed by atoms with Crippen molar-refractivity contribution in [1.82, 2.24) is 0 Å². The molecule has 0 saturated heterocycles. The van der Waals surface area contributed by atoms with Crippen LogP contribution in [0.4, 0.5) is 0 Å². The van der Waals surface area contributed by atoms with E-state index in [0.29, 0.717) is 5.56 Å². The molecule has 1 rings (SSSR count). The number of nitrogens with zero attached hydrogens (tertiary/aromatic N) is 1. The Labute approximate surface area is 71.1 Å². The molecule has 0 bridgehead atoms. The van der Waals surface area contributed by atoms with E-state index in [1.54, 1.807) is 31.2 Å². The van der Waals surface area contributed by atoms with E-state index in [1.807, 2.05) is 0 Å². The lowest BCUT2D eigenvalue weighted by Gasteiger charge is -1.96. The van der Waals surface area contributed by atoms with Crippen LogP contribution in [0.5, 0.6) is 5.75 Å². The summed E-state index contributed by atoms with van der Waals surface area (Å²) < 4.78 is 0. The van der Waals surface area contributed by atoms with E-state index in [0.717, 1.165) is 5.56 Å². The number of benzene rings is 1. The second-order valence-corrected chi connectivity index (χ2v) is 2.36. The lowest BCUT2D eigenvalue weighted by atomic mass is 10.1. The Morgan fingerprint density at radius 3 is 2.75 bits per heavy atom. The van der Waals surface area contributed by atoms with Gasteiger partial charge in [-0.25, -0.2) is 0 Å². The Kier molecular flexibility index (Phi) is 2.35. The maximum atomic E-state index is 9.25. The van der Waals surface area contributed by atoms with E-state index in [1.165, 1.54) is 0 Å². The van der Waals surface area contributed by atoms with Crippen LogP contribution in [0.1, 0.15) is 11.1 Å². The van der Waals surface area contributed by atoms with E-state index >= 15 is 0 Å². The van der Waals surface area contributed by atoms with Gasteiger partial charge in [0, 0.05) is 11.5 Å². The Bertz CT molecular complexity index is 391. The van der Waals surface area contributed by atoms with Crippen molar-refractivity contribution < 1.29 is 5.11 Å². The average Bonchev–Trinajstić information content (AvgIpc) is 2.07. The van der Waals surface area contributed by atoms with Crippen LogP contribution in [0, 0.1) is 30.1 Å². The Morgan fingerprint density at radius 1 is 1.42 bits per heavy atom. The number of aryl methyl sites for hydroxylation is 1. The van der Waals surface area contributed by atoms with Gasteiger partial charge in [0.25, 0.3) is 0 Å². The molecule has 0 fully saturated rings. The minimum Gasteiger partial charge on any atom is -0.508 e. The molecule has 0 aliphatic heterocycles. The van der Waals surface area contributed by atoms with Crippen molar-refractivity contribution in [3.63, 3.8) is 0 Å². The van der Waals surface area contributed by atoms with Crippen LogP contribution in [0.25, 0.3) is 0 Å². The molecule has 0 heterocycles. The molecule has 1 aromatic carbocycles. The first-order valence-electron chi connectivity index (χ1n) is 3.44. The summed E-state index contributed by atoms with van der Waals surface area (Å²) in [6, 6.07) is 6.77. The summed E-state index contributed by atoms with van der Waals surface area (Å²) in [5.41, 5.74) is 1.46. The number of rotatable bonds is 0. The first kappa shape index (κ1) is 8.17. The van der Waals surface area contributed by atoms with Crippen molar-refractivity contribution in [2.24, 2.45) is 0 Å². The Morgan fingerprint density at radius 2 is 2.17 bits per heavy atom. The summed E-state index contributed by atoms with van der Waals surface area (Å²) in [7, 11) is 0. The number of hydrogen-bond donors (Lipinski definition) is 1. The van der Waals surface area contributed by atoms with Gasteiger partial charge in [-0.3, -0.25) is 0 Å². The van der Waals surface area contributed by atoms with Crippen molar-refractivity contribution in [3.8, 4) is 23.7 Å². The van der Waals surface area contributed by atoms with Crippen molar-refractivity contribution in [3.05, 3.63) is 29.3 Å². The van der Waals surface area contributed by atoms with E-state index in [2.05, 4.69) is 11.8 Å². The maximum Gasteiger partial charge on any atom is 0.152 e. The summed E-state index contributed by atoms with van der Waals surface area (Å²) >= 11 is 0. The number of hydrogen-bond acceptors (Lipinski definition) is 2. The maximum absolute atomic E-state index is 9.25. The van der Waals surface area contributed by atoms with Crippen molar-refractivity contribution >= 4 is 0 Å². The van der Waals surface area contributed by atoms with Crippen molar-refractivity contribution in [1.29, 1.82) is 5.26 Å². The molecule has 2 heteroatoms. The zero-order valence-corrected chi connectivity index (χ0v) is 6.63. The fraction of sp³-hybridized carbons (Fsp3) is 0.100. The molecule has 0 atom stereocenters. The lowest BCUT2D eigenvalue weighted by molar-refractivity contribution is 0.471. The standard InChI is InChI=1S/C10H7NO/c1-8-4-5-9(3-2-6-11)7-10(8)12/h4-5,7,12H,1H3. The van der Waals surface area contributed by atoms with Gasteiger partial charge in [-0.15, -0.1) is 0 Å². The van der Waals surface area contributed by atoms with E-state index in [4.69, 9.17) is 5.26 Å². The molecule has 0 spiro atoms. The highest BCUT2D eigenvalue weighted by Crippen LogP contribution is 2.16. The first-order chi connectivity index (χ1) is 5.74. The third-order valence-corrected chi connectivity index (χ3v) is 1.47. The quantitative estimate of drug-likeness (QED) is 0.581. The molecule has 1 aromatic rings. The molecule has 2 nitrogen and oxygen atoms in total. The van der Waals surface area contributed by atoms with Gasteiger partial charge in [-0.05, 0) is 24.6 Å². The molecule has 1 N–H and O–H groups in total. The fourth-order valence-electron chi connectivity index (χ4n) is 0.787. The molecular formula is C10H7NO. The second kappa shape index (κ2) is 3.46. The van der Waals surface area contributed by atoms with E-state index < -0.39 is 0 Å². The van der Waals surface area contributed by atoms with Crippen LogP contribution in [-0.4, -0.2) is 5.11 Å². The van der Waals surface area contributed by atoms with Crippen LogP contribution < -0.4 is 0 Å². The monoisotopic (exact) mass is 157 g/mol. The summed E-state index contributed by atoms with van der Waals surface area (Å²) in [5, 5.41) is 17.4. The zero-order valence-electron chi connectivity index (χ0n) is 6.63. The summed E-state index contributed by atoms with van der Waals surface area (Å²) in [4.78, 5) is 0. The largest absolute Gasteiger partial charge is 0.508 e. The summed E-state index contributed by atoms with van der Waals surface area (Å²) in [5.74, 6) is 5.06. The molecular weight excluding hydrogens is 150 g/mol. The predicted octanol–water partition coefficient (Wildman–Crippen LogP) is 1.58. The average molecular weight is 157 g/mol. The molecule has 0 aliphatic rings. The normalized spacial score (nSPS) is 8.00. The van der Waals surface area contributed by atoms with Gasteiger partial charge in [0.15, 0.2) is 6.07 Å². The van der Waals surface area contributed by atoms with Gasteiger partial charge in [0.05, 0.1) is 0 Å². The number of phenols is 1.